The molecule has 6 nitrogen and oxygen atoms in total. The summed E-state index contributed by atoms with van der Waals surface area (Å²) in [7, 11) is 0. The molecule has 0 aromatic carbocycles. The van der Waals surface area contributed by atoms with Crippen molar-refractivity contribution < 1.29 is 19.4 Å². The van der Waals surface area contributed by atoms with Crippen molar-refractivity contribution in [1.29, 1.82) is 0 Å². The number of hydrogen-bond donors (Lipinski definition) is 2. The Morgan fingerprint density at radius 1 is 1.55 bits per heavy atom. The predicted octanol–water partition coefficient (Wildman–Crippen LogP) is 0.147. The second kappa shape index (κ2) is 8.34. The third-order valence-corrected chi connectivity index (χ3v) is 3.47. The van der Waals surface area contributed by atoms with E-state index in [0.717, 1.165) is 6.42 Å². The fourth-order valence-corrected chi connectivity index (χ4v) is 2.31. The normalized spacial score (nSPS) is 21.4. The molecule has 0 aliphatic carbocycles. The van der Waals surface area contributed by atoms with E-state index < -0.39 is 6.23 Å². The van der Waals surface area contributed by atoms with Gasteiger partial charge in [0.25, 0.3) is 0 Å². The molecule has 0 aromatic heterocycles. The van der Waals surface area contributed by atoms with Crippen molar-refractivity contribution in [1.82, 2.24) is 10.2 Å². The SMILES string of the molecule is CCOC(=O)[C@@H](NCCCN1CCC(=O)C1O)C(C)C. The van der Waals surface area contributed by atoms with Crippen LogP contribution >= 0.6 is 0 Å². The van der Waals surface area contributed by atoms with E-state index >= 15 is 0 Å². The third-order valence-electron chi connectivity index (χ3n) is 3.47. The van der Waals surface area contributed by atoms with Crippen LogP contribution in [0.2, 0.25) is 0 Å². The standard InChI is InChI=1S/C14H26N2O4/c1-4-20-14(19)12(10(2)3)15-7-5-8-16-9-6-11(17)13(16)18/h10,12-13,15,18H,4-9H2,1-3H3/t12-,13?/m0/s1. The van der Waals surface area contributed by atoms with Gasteiger partial charge in [0.05, 0.1) is 6.61 Å². The van der Waals surface area contributed by atoms with E-state index in [-0.39, 0.29) is 23.7 Å². The Kier molecular flexibility index (Phi) is 7.12. The number of aliphatic hydroxyl groups is 1. The monoisotopic (exact) mass is 286 g/mol. The molecule has 116 valence electrons. The van der Waals surface area contributed by atoms with Crippen molar-refractivity contribution in [2.24, 2.45) is 5.92 Å². The molecule has 6 heteroatoms. The number of Topliss-reactive ketones (excluding diaryl/α,β-unsaturated/α-hetero) is 1. The first-order valence-electron chi connectivity index (χ1n) is 7.32. The maximum Gasteiger partial charge on any atom is 0.323 e. The largest absolute Gasteiger partial charge is 0.465 e. The lowest BCUT2D eigenvalue weighted by atomic mass is 10.0. The summed E-state index contributed by atoms with van der Waals surface area (Å²) in [6.07, 6.45) is 0.250. The maximum atomic E-state index is 11.8. The lowest BCUT2D eigenvalue weighted by Gasteiger charge is -2.22. The van der Waals surface area contributed by atoms with Crippen LogP contribution in [0.15, 0.2) is 0 Å². The van der Waals surface area contributed by atoms with E-state index in [2.05, 4.69) is 5.32 Å². The summed E-state index contributed by atoms with van der Waals surface area (Å²) in [5.74, 6) is -0.170. The summed E-state index contributed by atoms with van der Waals surface area (Å²) in [5.41, 5.74) is 0. The first-order valence-corrected chi connectivity index (χ1v) is 7.32. The van der Waals surface area contributed by atoms with E-state index in [0.29, 0.717) is 32.7 Å². The molecule has 2 atom stereocenters. The van der Waals surface area contributed by atoms with E-state index in [1.165, 1.54) is 0 Å². The molecule has 0 amide bonds. The van der Waals surface area contributed by atoms with Crippen LogP contribution in [0.3, 0.4) is 0 Å². The molecule has 0 saturated carbocycles. The summed E-state index contributed by atoms with van der Waals surface area (Å²) < 4.78 is 5.03. The first kappa shape index (κ1) is 17.1. The molecule has 0 spiro atoms. The van der Waals surface area contributed by atoms with Gasteiger partial charge in [-0.05, 0) is 25.8 Å². The van der Waals surface area contributed by atoms with E-state index in [1.54, 1.807) is 11.8 Å². The summed E-state index contributed by atoms with van der Waals surface area (Å²) in [4.78, 5) is 24.7. The molecule has 0 radical (unpaired) electrons. The molecule has 1 heterocycles. The van der Waals surface area contributed by atoms with Gasteiger partial charge in [0, 0.05) is 19.5 Å². The van der Waals surface area contributed by atoms with Gasteiger partial charge in [0.1, 0.15) is 6.04 Å². The number of carbonyl (C=O) groups excluding carboxylic acids is 2. The molecule has 1 rings (SSSR count). The van der Waals surface area contributed by atoms with E-state index in [1.807, 2.05) is 13.8 Å². The van der Waals surface area contributed by atoms with E-state index in [9.17, 15) is 14.7 Å². The highest BCUT2D eigenvalue weighted by Crippen LogP contribution is 2.11. The van der Waals surface area contributed by atoms with Gasteiger partial charge in [-0.3, -0.25) is 14.5 Å². The van der Waals surface area contributed by atoms with Crippen LogP contribution < -0.4 is 5.32 Å². The minimum atomic E-state index is -0.944. The van der Waals surface area contributed by atoms with Gasteiger partial charge in [-0.25, -0.2) is 0 Å². The van der Waals surface area contributed by atoms with Gasteiger partial charge in [-0.15, -0.1) is 0 Å². The van der Waals surface area contributed by atoms with Crippen LogP contribution in [-0.4, -0.2) is 60.3 Å². The average molecular weight is 286 g/mol. The zero-order valence-corrected chi connectivity index (χ0v) is 12.6. The molecule has 1 saturated heterocycles. The number of ether oxygens (including phenoxy) is 1. The number of likely N-dealkylation sites (tertiary alicyclic amines) is 1. The molecular formula is C14H26N2O4. The van der Waals surface area contributed by atoms with Crippen molar-refractivity contribution in [3.8, 4) is 0 Å². The van der Waals surface area contributed by atoms with Crippen LogP contribution in [0.25, 0.3) is 0 Å². The fraction of sp³-hybridized carbons (Fsp3) is 0.857. The average Bonchev–Trinajstić information content (AvgIpc) is 2.70. The third kappa shape index (κ3) is 4.85. The lowest BCUT2D eigenvalue weighted by Crippen LogP contribution is -2.43. The van der Waals surface area contributed by atoms with Gasteiger partial charge >= 0.3 is 5.97 Å². The summed E-state index contributed by atoms with van der Waals surface area (Å²) in [5, 5.41) is 12.8. The molecule has 0 bridgehead atoms. The second-order valence-electron chi connectivity index (χ2n) is 5.41. The van der Waals surface area contributed by atoms with Crippen molar-refractivity contribution in [2.75, 3.05) is 26.2 Å². The minimum absolute atomic E-state index is 0.107. The number of ketones is 1. The molecule has 1 aliphatic heterocycles. The number of rotatable bonds is 8. The summed E-state index contributed by atoms with van der Waals surface area (Å²) in [6, 6.07) is -0.305. The van der Waals surface area contributed by atoms with Crippen LogP contribution in [0.5, 0.6) is 0 Å². The molecule has 0 aromatic rings. The molecular weight excluding hydrogens is 260 g/mol. The quantitative estimate of drug-likeness (QED) is 0.488. The Labute approximate surface area is 120 Å². The van der Waals surface area contributed by atoms with Gasteiger partial charge in [-0.1, -0.05) is 13.8 Å². The minimum Gasteiger partial charge on any atom is -0.465 e. The Hall–Kier alpha value is -0.980. The van der Waals surface area contributed by atoms with Crippen LogP contribution in [0.1, 0.15) is 33.6 Å². The van der Waals surface area contributed by atoms with Gasteiger partial charge in [0.2, 0.25) is 0 Å². The van der Waals surface area contributed by atoms with E-state index in [4.69, 9.17) is 4.74 Å². The Morgan fingerprint density at radius 2 is 2.25 bits per heavy atom. The van der Waals surface area contributed by atoms with Gasteiger partial charge in [0.15, 0.2) is 12.0 Å². The van der Waals surface area contributed by atoms with Gasteiger partial charge < -0.3 is 15.2 Å². The van der Waals surface area contributed by atoms with Crippen molar-refractivity contribution in [3.63, 3.8) is 0 Å². The summed E-state index contributed by atoms with van der Waals surface area (Å²) in [6.45, 7) is 8.03. The highest BCUT2D eigenvalue weighted by atomic mass is 16.5. The Bertz CT molecular complexity index is 333. The predicted molar refractivity (Wildman–Crippen MR) is 75.1 cm³/mol. The number of nitrogens with one attached hydrogen (secondary N) is 1. The zero-order chi connectivity index (χ0) is 15.1. The lowest BCUT2D eigenvalue weighted by molar-refractivity contribution is -0.146. The van der Waals surface area contributed by atoms with Gasteiger partial charge in [-0.2, -0.15) is 0 Å². The highest BCUT2D eigenvalue weighted by molar-refractivity contribution is 5.84. The number of esters is 1. The number of hydrogen-bond acceptors (Lipinski definition) is 6. The van der Waals surface area contributed by atoms with Crippen molar-refractivity contribution in [3.05, 3.63) is 0 Å². The number of nitrogens with zero attached hydrogens (tertiary/aromatic N) is 1. The van der Waals surface area contributed by atoms with Crippen molar-refractivity contribution >= 4 is 11.8 Å². The summed E-state index contributed by atoms with van der Waals surface area (Å²) >= 11 is 0. The Balaban J connectivity index is 2.27. The first-order chi connectivity index (χ1) is 9.47. The smallest absolute Gasteiger partial charge is 0.323 e. The molecule has 1 unspecified atom stereocenters. The molecule has 2 N–H and O–H groups in total. The molecule has 20 heavy (non-hydrogen) atoms. The number of carbonyl (C=O) groups is 2. The van der Waals surface area contributed by atoms with Crippen LogP contribution in [0.4, 0.5) is 0 Å². The second-order valence-corrected chi connectivity index (χ2v) is 5.41. The molecule has 1 aliphatic rings. The number of aliphatic hydroxyl groups excluding tert-OH is 1. The van der Waals surface area contributed by atoms with Crippen LogP contribution in [0, 0.1) is 5.92 Å². The zero-order valence-electron chi connectivity index (χ0n) is 12.6. The molecule has 1 fully saturated rings. The maximum absolute atomic E-state index is 11.8. The Morgan fingerprint density at radius 3 is 2.75 bits per heavy atom. The highest BCUT2D eigenvalue weighted by Gasteiger charge is 2.29. The van der Waals surface area contributed by atoms with Crippen molar-refractivity contribution in [2.45, 2.75) is 45.9 Å². The van der Waals surface area contributed by atoms with Crippen LogP contribution in [-0.2, 0) is 14.3 Å². The topological polar surface area (TPSA) is 78.9 Å². The fourth-order valence-electron chi connectivity index (χ4n) is 2.31.